The number of methoxy groups -OCH3 is 1. The minimum atomic E-state index is 0.0514. The zero-order chi connectivity index (χ0) is 21.3. The lowest BCUT2D eigenvalue weighted by molar-refractivity contribution is -0.120. The van der Waals surface area contributed by atoms with Gasteiger partial charge in [0, 0.05) is 19.1 Å². The molecule has 0 saturated carbocycles. The van der Waals surface area contributed by atoms with E-state index in [9.17, 15) is 4.79 Å². The van der Waals surface area contributed by atoms with E-state index in [1.54, 1.807) is 18.4 Å². The summed E-state index contributed by atoms with van der Waals surface area (Å²) in [5.74, 6) is 1.39. The number of aromatic nitrogens is 1. The Hall–Kier alpha value is -1.66. The van der Waals surface area contributed by atoms with Crippen molar-refractivity contribution in [1.29, 1.82) is 0 Å². The Morgan fingerprint density at radius 1 is 1.23 bits per heavy atom. The van der Waals surface area contributed by atoms with E-state index in [2.05, 4.69) is 25.2 Å². The van der Waals surface area contributed by atoms with Crippen molar-refractivity contribution >= 4 is 32.6 Å². The van der Waals surface area contributed by atoms with Crippen molar-refractivity contribution in [2.24, 2.45) is 5.92 Å². The van der Waals surface area contributed by atoms with Crippen LogP contribution in [0.3, 0.4) is 0 Å². The molecular formula is C24H36N2O3S. The number of thiazole rings is 1. The van der Waals surface area contributed by atoms with Crippen LogP contribution in [-0.4, -0.2) is 31.2 Å². The van der Waals surface area contributed by atoms with Crippen LogP contribution >= 0.6 is 11.3 Å². The number of ether oxygens (including phenoxy) is 2. The fraction of sp³-hybridized carbons (Fsp3) is 0.667. The van der Waals surface area contributed by atoms with Gasteiger partial charge in [-0.2, -0.15) is 0 Å². The highest BCUT2D eigenvalue weighted by Gasteiger charge is 2.23. The highest BCUT2D eigenvalue weighted by Crippen LogP contribution is 2.40. The first-order valence-electron chi connectivity index (χ1n) is 11.5. The van der Waals surface area contributed by atoms with E-state index < -0.39 is 0 Å². The number of nitrogens with one attached hydrogen (secondary N) is 1. The maximum Gasteiger partial charge on any atom is 0.229 e. The van der Waals surface area contributed by atoms with E-state index in [1.807, 2.05) is 6.07 Å². The fourth-order valence-electron chi connectivity index (χ4n) is 4.27. The lowest BCUT2D eigenvalue weighted by atomic mass is 9.91. The molecule has 1 unspecified atom stereocenters. The van der Waals surface area contributed by atoms with Crippen LogP contribution in [-0.2, 0) is 9.53 Å². The number of rotatable bonds is 11. The standard InChI is InChI=1S/C24H36N2O3S/c1-4-6-7-8-9-10-17(5-2)23(27)26-24-25-21-20(28-3)12-11-19(22(21)30-24)18-13-15-29-16-14-18/h11-12,17-18H,4-10,13-16H2,1-3H3,(H,25,26,27). The Morgan fingerprint density at radius 3 is 2.70 bits per heavy atom. The van der Waals surface area contributed by atoms with Crippen molar-refractivity contribution < 1.29 is 14.3 Å². The van der Waals surface area contributed by atoms with E-state index in [0.29, 0.717) is 11.0 Å². The Labute approximate surface area is 184 Å². The second-order valence-electron chi connectivity index (χ2n) is 8.24. The van der Waals surface area contributed by atoms with Crippen LogP contribution in [0.1, 0.15) is 83.1 Å². The molecular weight excluding hydrogens is 396 g/mol. The number of unbranched alkanes of at least 4 members (excludes halogenated alkanes) is 4. The van der Waals surface area contributed by atoms with E-state index >= 15 is 0 Å². The van der Waals surface area contributed by atoms with Gasteiger partial charge in [0.05, 0.1) is 11.8 Å². The van der Waals surface area contributed by atoms with Gasteiger partial charge in [0.25, 0.3) is 0 Å². The molecule has 1 aliphatic heterocycles. The second kappa shape index (κ2) is 11.7. The minimum absolute atomic E-state index is 0.0514. The second-order valence-corrected chi connectivity index (χ2v) is 9.24. The molecule has 0 bridgehead atoms. The Bertz CT molecular complexity index is 814. The number of carbonyl (C=O) groups is 1. The summed E-state index contributed by atoms with van der Waals surface area (Å²) in [6, 6.07) is 4.16. The van der Waals surface area contributed by atoms with Gasteiger partial charge in [0.2, 0.25) is 5.91 Å². The number of hydrogen-bond acceptors (Lipinski definition) is 5. The quantitative estimate of drug-likeness (QED) is 0.410. The van der Waals surface area contributed by atoms with Gasteiger partial charge in [0.15, 0.2) is 5.13 Å². The molecule has 2 heterocycles. The fourth-order valence-corrected chi connectivity index (χ4v) is 5.35. The monoisotopic (exact) mass is 432 g/mol. The molecule has 1 aliphatic rings. The molecule has 1 aromatic heterocycles. The smallest absolute Gasteiger partial charge is 0.229 e. The van der Waals surface area contributed by atoms with E-state index in [4.69, 9.17) is 14.5 Å². The van der Waals surface area contributed by atoms with Crippen LogP contribution in [0.4, 0.5) is 5.13 Å². The lowest BCUT2D eigenvalue weighted by Crippen LogP contribution is -2.22. The lowest BCUT2D eigenvalue weighted by Gasteiger charge is -2.23. The van der Waals surface area contributed by atoms with Crippen LogP contribution in [0.5, 0.6) is 5.75 Å². The van der Waals surface area contributed by atoms with E-state index in [-0.39, 0.29) is 11.8 Å². The molecule has 1 aromatic carbocycles. The SMILES string of the molecule is CCCCCCCC(CC)C(=O)Nc1nc2c(OC)ccc(C3CCOCC3)c2s1. The third-order valence-electron chi connectivity index (χ3n) is 6.17. The first-order chi connectivity index (χ1) is 14.7. The maximum atomic E-state index is 12.9. The highest BCUT2D eigenvalue weighted by atomic mass is 32.1. The predicted octanol–water partition coefficient (Wildman–Crippen LogP) is 6.52. The molecule has 1 amide bonds. The van der Waals surface area contributed by atoms with Crippen LogP contribution < -0.4 is 10.1 Å². The van der Waals surface area contributed by atoms with Crippen molar-refractivity contribution in [3.05, 3.63) is 17.7 Å². The van der Waals surface area contributed by atoms with Crippen molar-refractivity contribution in [3.63, 3.8) is 0 Å². The molecule has 5 nitrogen and oxygen atoms in total. The zero-order valence-electron chi connectivity index (χ0n) is 18.7. The van der Waals surface area contributed by atoms with Gasteiger partial charge in [-0.05, 0) is 43.2 Å². The summed E-state index contributed by atoms with van der Waals surface area (Å²) in [5, 5.41) is 3.78. The molecule has 0 radical (unpaired) electrons. The van der Waals surface area contributed by atoms with Gasteiger partial charge in [-0.25, -0.2) is 4.98 Å². The normalized spacial score (nSPS) is 16.0. The van der Waals surface area contributed by atoms with E-state index in [1.165, 1.54) is 31.2 Å². The summed E-state index contributed by atoms with van der Waals surface area (Å²) in [6.07, 6.45) is 9.99. The summed E-state index contributed by atoms with van der Waals surface area (Å²) in [5.41, 5.74) is 2.16. The van der Waals surface area contributed by atoms with Crippen molar-refractivity contribution in [2.75, 3.05) is 25.6 Å². The topological polar surface area (TPSA) is 60.5 Å². The number of carbonyl (C=O) groups excluding carboxylic acids is 1. The molecule has 3 rings (SSSR count). The van der Waals surface area contributed by atoms with Gasteiger partial charge in [-0.1, -0.05) is 63.4 Å². The maximum absolute atomic E-state index is 12.9. The van der Waals surface area contributed by atoms with Crippen molar-refractivity contribution in [1.82, 2.24) is 4.98 Å². The molecule has 1 N–H and O–H groups in total. The summed E-state index contributed by atoms with van der Waals surface area (Å²) in [6.45, 7) is 5.93. The third kappa shape index (κ3) is 5.73. The third-order valence-corrected chi connectivity index (χ3v) is 7.19. The molecule has 1 fully saturated rings. The molecule has 0 spiro atoms. The van der Waals surface area contributed by atoms with Gasteiger partial charge in [0.1, 0.15) is 11.3 Å². The Balaban J connectivity index is 1.72. The van der Waals surface area contributed by atoms with Crippen LogP contribution in [0, 0.1) is 5.92 Å². The van der Waals surface area contributed by atoms with Crippen LogP contribution in [0.25, 0.3) is 10.2 Å². The molecule has 1 saturated heterocycles. The van der Waals surface area contributed by atoms with E-state index in [0.717, 1.165) is 61.3 Å². The molecule has 30 heavy (non-hydrogen) atoms. The summed E-state index contributed by atoms with van der Waals surface area (Å²) in [4.78, 5) is 17.6. The number of benzene rings is 1. The number of fused-ring (bicyclic) bond motifs is 1. The highest BCUT2D eigenvalue weighted by molar-refractivity contribution is 7.22. The zero-order valence-corrected chi connectivity index (χ0v) is 19.5. The summed E-state index contributed by atoms with van der Waals surface area (Å²) in [7, 11) is 1.67. The molecule has 1 atom stereocenters. The average molecular weight is 433 g/mol. The first-order valence-corrected chi connectivity index (χ1v) is 12.4. The largest absolute Gasteiger partial charge is 0.494 e. The Morgan fingerprint density at radius 2 is 2.00 bits per heavy atom. The van der Waals surface area contributed by atoms with Crippen molar-refractivity contribution in [3.8, 4) is 5.75 Å². The minimum Gasteiger partial charge on any atom is -0.494 e. The van der Waals surface area contributed by atoms with Gasteiger partial charge in [-0.3, -0.25) is 4.79 Å². The van der Waals surface area contributed by atoms with Gasteiger partial charge >= 0.3 is 0 Å². The number of nitrogens with zero attached hydrogens (tertiary/aromatic N) is 1. The predicted molar refractivity (Wildman–Crippen MR) is 125 cm³/mol. The van der Waals surface area contributed by atoms with Gasteiger partial charge < -0.3 is 14.8 Å². The molecule has 6 heteroatoms. The molecule has 166 valence electrons. The van der Waals surface area contributed by atoms with Gasteiger partial charge in [-0.15, -0.1) is 0 Å². The molecule has 0 aliphatic carbocycles. The average Bonchev–Trinajstić information content (AvgIpc) is 3.19. The number of hydrogen-bond donors (Lipinski definition) is 1. The van der Waals surface area contributed by atoms with Crippen LogP contribution in [0.15, 0.2) is 12.1 Å². The first kappa shape index (κ1) is 23.0. The van der Waals surface area contributed by atoms with Crippen LogP contribution in [0.2, 0.25) is 0 Å². The number of anilines is 1. The Kier molecular flexibility index (Phi) is 8.94. The summed E-state index contributed by atoms with van der Waals surface area (Å²) < 4.78 is 12.2. The molecule has 2 aromatic rings. The van der Waals surface area contributed by atoms with Crippen molar-refractivity contribution in [2.45, 2.75) is 77.6 Å². The summed E-state index contributed by atoms with van der Waals surface area (Å²) >= 11 is 1.57. The number of amides is 1.